The van der Waals surface area contributed by atoms with Crippen LogP contribution in [0.25, 0.3) is 0 Å². The van der Waals surface area contributed by atoms with Gasteiger partial charge in [-0.05, 0) is 68.6 Å². The van der Waals surface area contributed by atoms with Crippen molar-refractivity contribution in [2.75, 3.05) is 7.11 Å². The molecule has 4 rings (SSSR count). The second kappa shape index (κ2) is 7.82. The van der Waals surface area contributed by atoms with Crippen molar-refractivity contribution < 1.29 is 14.2 Å². The average molecular weight is 354 g/mol. The summed E-state index contributed by atoms with van der Waals surface area (Å²) in [5.74, 6) is 2.81. The minimum atomic E-state index is -0.661. The van der Waals surface area contributed by atoms with E-state index in [9.17, 15) is 9.50 Å². The SMILES string of the molecule is COC1CCC(C[C@H]2C(O)N[C@H]3CCC(F)CC23)CC1C1CCCC1. The molecule has 3 nitrogen and oxygen atoms in total. The molecule has 0 spiro atoms. The highest BCUT2D eigenvalue weighted by molar-refractivity contribution is 4.98. The first-order valence-electron chi connectivity index (χ1n) is 10.8. The lowest BCUT2D eigenvalue weighted by Crippen LogP contribution is -2.37. The number of rotatable bonds is 4. The summed E-state index contributed by atoms with van der Waals surface area (Å²) in [4.78, 5) is 0. The van der Waals surface area contributed by atoms with Crippen molar-refractivity contribution in [3.8, 4) is 0 Å². The van der Waals surface area contributed by atoms with Crippen molar-refractivity contribution in [1.82, 2.24) is 5.32 Å². The normalized spacial score (nSPS) is 48.6. The van der Waals surface area contributed by atoms with Crippen molar-refractivity contribution >= 4 is 0 Å². The van der Waals surface area contributed by atoms with Gasteiger partial charge in [0.2, 0.25) is 0 Å². The van der Waals surface area contributed by atoms with Gasteiger partial charge in [-0.1, -0.05) is 25.7 Å². The van der Waals surface area contributed by atoms with E-state index in [2.05, 4.69) is 5.32 Å². The molecule has 0 aromatic heterocycles. The largest absolute Gasteiger partial charge is 0.381 e. The minimum absolute atomic E-state index is 0.247. The molecule has 0 aromatic rings. The molecule has 1 saturated heterocycles. The average Bonchev–Trinajstić information content (AvgIpc) is 3.24. The van der Waals surface area contributed by atoms with E-state index in [0.29, 0.717) is 42.7 Å². The Balaban J connectivity index is 1.39. The molecule has 3 saturated carbocycles. The number of aliphatic hydroxyl groups is 1. The van der Waals surface area contributed by atoms with Gasteiger partial charge in [-0.2, -0.15) is 0 Å². The molecular weight excluding hydrogens is 317 g/mol. The summed E-state index contributed by atoms with van der Waals surface area (Å²) in [5, 5.41) is 13.9. The second-order valence-corrected chi connectivity index (χ2v) is 9.35. The van der Waals surface area contributed by atoms with Gasteiger partial charge in [0.05, 0.1) is 6.10 Å². The van der Waals surface area contributed by atoms with Crippen LogP contribution < -0.4 is 5.32 Å². The first kappa shape index (κ1) is 18.2. The van der Waals surface area contributed by atoms with Gasteiger partial charge in [0.25, 0.3) is 0 Å². The quantitative estimate of drug-likeness (QED) is 0.801. The Hall–Kier alpha value is -0.190. The Bertz CT molecular complexity index is 440. The van der Waals surface area contributed by atoms with Gasteiger partial charge in [-0.25, -0.2) is 4.39 Å². The molecule has 0 aromatic carbocycles. The lowest BCUT2D eigenvalue weighted by Gasteiger charge is -2.40. The Morgan fingerprint density at radius 3 is 2.56 bits per heavy atom. The Labute approximate surface area is 152 Å². The van der Waals surface area contributed by atoms with E-state index < -0.39 is 12.4 Å². The van der Waals surface area contributed by atoms with Crippen LogP contribution in [0, 0.1) is 29.6 Å². The molecular formula is C21H36FNO2. The molecule has 25 heavy (non-hydrogen) atoms. The number of alkyl halides is 1. The number of aliphatic hydroxyl groups excluding tert-OH is 1. The molecule has 0 radical (unpaired) electrons. The zero-order valence-electron chi connectivity index (χ0n) is 15.7. The lowest BCUT2D eigenvalue weighted by molar-refractivity contribution is -0.0246. The highest BCUT2D eigenvalue weighted by Gasteiger charge is 2.47. The van der Waals surface area contributed by atoms with E-state index >= 15 is 0 Å². The first-order valence-corrected chi connectivity index (χ1v) is 10.8. The maximum Gasteiger partial charge on any atom is 0.108 e. The molecule has 4 aliphatic rings. The molecule has 1 heterocycles. The topological polar surface area (TPSA) is 41.5 Å². The van der Waals surface area contributed by atoms with Gasteiger partial charge in [0.15, 0.2) is 0 Å². The van der Waals surface area contributed by atoms with E-state index in [-0.39, 0.29) is 5.92 Å². The Kier molecular flexibility index (Phi) is 5.69. The summed E-state index contributed by atoms with van der Waals surface area (Å²) in [7, 11) is 1.88. The predicted octanol–water partition coefficient (Wildman–Crippen LogP) is 4.04. The number of halogens is 1. The van der Waals surface area contributed by atoms with Crippen molar-refractivity contribution in [2.45, 2.75) is 95.2 Å². The number of hydrogen-bond donors (Lipinski definition) is 2. The summed E-state index contributed by atoms with van der Waals surface area (Å²) >= 11 is 0. The minimum Gasteiger partial charge on any atom is -0.381 e. The van der Waals surface area contributed by atoms with Gasteiger partial charge in [0, 0.05) is 19.1 Å². The fourth-order valence-corrected chi connectivity index (χ4v) is 6.75. The second-order valence-electron chi connectivity index (χ2n) is 9.35. The molecule has 2 N–H and O–H groups in total. The van der Waals surface area contributed by atoms with E-state index in [1.165, 1.54) is 44.9 Å². The molecule has 6 unspecified atom stereocenters. The molecule has 4 heteroatoms. The zero-order chi connectivity index (χ0) is 17.4. The molecule has 3 aliphatic carbocycles. The summed E-state index contributed by atoms with van der Waals surface area (Å²) in [6, 6.07) is 0.341. The zero-order valence-corrected chi connectivity index (χ0v) is 15.7. The fourth-order valence-electron chi connectivity index (χ4n) is 6.75. The van der Waals surface area contributed by atoms with Crippen LogP contribution in [0.15, 0.2) is 0 Å². The van der Waals surface area contributed by atoms with Crippen LogP contribution in [-0.2, 0) is 4.74 Å². The number of hydrogen-bond acceptors (Lipinski definition) is 3. The fraction of sp³-hybridized carbons (Fsp3) is 1.00. The maximum atomic E-state index is 13.9. The Morgan fingerprint density at radius 1 is 1.00 bits per heavy atom. The smallest absolute Gasteiger partial charge is 0.108 e. The van der Waals surface area contributed by atoms with E-state index in [0.717, 1.165) is 18.8 Å². The van der Waals surface area contributed by atoms with Crippen LogP contribution in [-0.4, -0.2) is 36.8 Å². The summed E-state index contributed by atoms with van der Waals surface area (Å²) < 4.78 is 19.8. The van der Waals surface area contributed by atoms with Gasteiger partial charge >= 0.3 is 0 Å². The van der Waals surface area contributed by atoms with Crippen LogP contribution in [0.5, 0.6) is 0 Å². The molecule has 0 bridgehead atoms. The molecule has 144 valence electrons. The van der Waals surface area contributed by atoms with E-state index in [1.54, 1.807) is 0 Å². The number of nitrogens with one attached hydrogen (secondary N) is 1. The van der Waals surface area contributed by atoms with Gasteiger partial charge in [-0.15, -0.1) is 0 Å². The Morgan fingerprint density at radius 2 is 1.80 bits per heavy atom. The predicted molar refractivity (Wildman–Crippen MR) is 96.9 cm³/mol. The molecule has 8 atom stereocenters. The third-order valence-electron chi connectivity index (χ3n) is 8.03. The van der Waals surface area contributed by atoms with Crippen LogP contribution in [0.2, 0.25) is 0 Å². The van der Waals surface area contributed by atoms with Crippen LogP contribution in [0.4, 0.5) is 4.39 Å². The first-order chi connectivity index (χ1) is 12.2. The summed E-state index contributed by atoms with van der Waals surface area (Å²) in [6.45, 7) is 0. The monoisotopic (exact) mass is 353 g/mol. The number of fused-ring (bicyclic) bond motifs is 1. The van der Waals surface area contributed by atoms with Crippen molar-refractivity contribution in [3.05, 3.63) is 0 Å². The van der Waals surface area contributed by atoms with Gasteiger partial charge in [0.1, 0.15) is 12.4 Å². The lowest BCUT2D eigenvalue weighted by atomic mass is 9.68. The van der Waals surface area contributed by atoms with Crippen molar-refractivity contribution in [3.63, 3.8) is 0 Å². The number of methoxy groups -OCH3 is 1. The number of ether oxygens (including phenoxy) is 1. The molecule has 4 fully saturated rings. The molecule has 1 aliphatic heterocycles. The highest BCUT2D eigenvalue weighted by atomic mass is 19.1. The van der Waals surface area contributed by atoms with Crippen LogP contribution >= 0.6 is 0 Å². The van der Waals surface area contributed by atoms with Gasteiger partial charge < -0.3 is 9.84 Å². The van der Waals surface area contributed by atoms with Gasteiger partial charge in [-0.3, -0.25) is 5.32 Å². The van der Waals surface area contributed by atoms with E-state index in [4.69, 9.17) is 4.74 Å². The van der Waals surface area contributed by atoms with E-state index in [1.807, 2.05) is 7.11 Å². The highest BCUT2D eigenvalue weighted by Crippen LogP contribution is 2.47. The third-order valence-corrected chi connectivity index (χ3v) is 8.03. The maximum absolute atomic E-state index is 13.9. The summed E-state index contributed by atoms with van der Waals surface area (Å²) in [6.07, 6.45) is 11.8. The van der Waals surface area contributed by atoms with Crippen molar-refractivity contribution in [1.29, 1.82) is 0 Å². The van der Waals surface area contributed by atoms with Crippen molar-refractivity contribution in [2.24, 2.45) is 29.6 Å². The van der Waals surface area contributed by atoms with Crippen LogP contribution in [0.1, 0.15) is 70.6 Å². The summed E-state index contributed by atoms with van der Waals surface area (Å²) in [5.41, 5.74) is 0. The molecule has 0 amide bonds. The van der Waals surface area contributed by atoms with Crippen LogP contribution in [0.3, 0.4) is 0 Å². The standard InChI is InChI=1S/C21H36FNO2/c1-25-20-9-6-13(10-16(20)14-4-2-3-5-14)11-18-17-12-15(22)7-8-19(17)23-21(18)24/h13-21,23-24H,2-12H2,1H3/t13?,15?,16?,17?,18-,19+,20?,21?/m1/s1. The third kappa shape index (κ3) is 3.77.